The molecule has 1 N–H and O–H groups in total. The first-order valence-corrected chi connectivity index (χ1v) is 7.03. The van der Waals surface area contributed by atoms with E-state index in [0.717, 1.165) is 32.5 Å². The average Bonchev–Trinajstić information content (AvgIpc) is 2.89. The lowest BCUT2D eigenvalue weighted by molar-refractivity contribution is -0.125. The molecule has 0 saturated heterocycles. The van der Waals surface area contributed by atoms with Crippen molar-refractivity contribution in [3.05, 3.63) is 18.5 Å². The molecule has 18 heavy (non-hydrogen) atoms. The number of nitrogens with one attached hydrogen (secondary N) is 1. The van der Waals surface area contributed by atoms with E-state index in [9.17, 15) is 0 Å². The van der Waals surface area contributed by atoms with Crippen LogP contribution in [0.25, 0.3) is 0 Å². The Morgan fingerprint density at radius 3 is 2.94 bits per heavy atom. The summed E-state index contributed by atoms with van der Waals surface area (Å²) in [4.78, 5) is 0. The summed E-state index contributed by atoms with van der Waals surface area (Å²) in [7, 11) is 0. The largest absolute Gasteiger partial charge is 0.378 e. The van der Waals surface area contributed by atoms with Gasteiger partial charge in [-0.1, -0.05) is 13.8 Å². The molecular weight excluding hydrogens is 226 g/mol. The second-order valence-corrected chi connectivity index (χ2v) is 5.31. The monoisotopic (exact) mass is 251 g/mol. The SMILES string of the molecule is CCOC1CC(NCCn2cccn2)C1(C)CC. The van der Waals surface area contributed by atoms with Crippen molar-refractivity contribution in [2.24, 2.45) is 5.41 Å². The Labute approximate surface area is 110 Å². The van der Waals surface area contributed by atoms with Crippen molar-refractivity contribution in [2.45, 2.75) is 52.3 Å². The van der Waals surface area contributed by atoms with Gasteiger partial charge in [0.25, 0.3) is 0 Å². The van der Waals surface area contributed by atoms with Crippen molar-refractivity contribution in [2.75, 3.05) is 13.2 Å². The number of hydrogen-bond donors (Lipinski definition) is 1. The standard InChI is InChI=1S/C14H25N3O/c1-4-14(3)12(11-13(14)18-5-2)15-8-10-17-9-6-7-16-17/h6-7,9,12-13,15H,4-5,8,10-11H2,1-3H3. The average molecular weight is 251 g/mol. The first-order chi connectivity index (χ1) is 8.70. The zero-order valence-corrected chi connectivity index (χ0v) is 11.7. The van der Waals surface area contributed by atoms with Crippen molar-refractivity contribution in [1.82, 2.24) is 15.1 Å². The number of hydrogen-bond acceptors (Lipinski definition) is 3. The highest BCUT2D eigenvalue weighted by atomic mass is 16.5. The second kappa shape index (κ2) is 5.85. The van der Waals surface area contributed by atoms with Crippen LogP contribution in [0.1, 0.15) is 33.6 Å². The van der Waals surface area contributed by atoms with Crippen molar-refractivity contribution in [1.29, 1.82) is 0 Å². The van der Waals surface area contributed by atoms with E-state index in [-0.39, 0.29) is 0 Å². The Morgan fingerprint density at radius 1 is 1.50 bits per heavy atom. The minimum absolute atomic E-state index is 0.292. The third-order valence-electron chi connectivity index (χ3n) is 4.40. The van der Waals surface area contributed by atoms with E-state index in [2.05, 4.69) is 31.2 Å². The van der Waals surface area contributed by atoms with Gasteiger partial charge in [0.2, 0.25) is 0 Å². The summed E-state index contributed by atoms with van der Waals surface area (Å²) in [6.07, 6.45) is 6.55. The van der Waals surface area contributed by atoms with Gasteiger partial charge >= 0.3 is 0 Å². The Kier molecular flexibility index (Phi) is 4.40. The van der Waals surface area contributed by atoms with Gasteiger partial charge in [0, 0.05) is 37.0 Å². The van der Waals surface area contributed by atoms with Crippen molar-refractivity contribution < 1.29 is 4.74 Å². The summed E-state index contributed by atoms with van der Waals surface area (Å²) in [6.45, 7) is 9.40. The van der Waals surface area contributed by atoms with Gasteiger partial charge in [-0.15, -0.1) is 0 Å². The molecule has 2 rings (SSSR count). The summed E-state index contributed by atoms with van der Waals surface area (Å²) < 4.78 is 7.78. The van der Waals surface area contributed by atoms with Crippen molar-refractivity contribution in [3.63, 3.8) is 0 Å². The first kappa shape index (κ1) is 13.6. The number of nitrogens with zero attached hydrogens (tertiary/aromatic N) is 2. The molecule has 1 aromatic heterocycles. The molecule has 1 saturated carbocycles. The van der Waals surface area contributed by atoms with Crippen LogP contribution in [0.2, 0.25) is 0 Å². The van der Waals surface area contributed by atoms with Crippen LogP contribution in [0.5, 0.6) is 0 Å². The summed E-state index contributed by atoms with van der Waals surface area (Å²) in [5, 5.41) is 7.86. The van der Waals surface area contributed by atoms with Crippen LogP contribution in [0.4, 0.5) is 0 Å². The number of aromatic nitrogens is 2. The minimum atomic E-state index is 0.292. The number of ether oxygens (including phenoxy) is 1. The van der Waals surface area contributed by atoms with Gasteiger partial charge in [-0.25, -0.2) is 0 Å². The molecular formula is C14H25N3O. The van der Waals surface area contributed by atoms with Crippen LogP contribution in [0, 0.1) is 5.41 Å². The van der Waals surface area contributed by atoms with Crippen LogP contribution >= 0.6 is 0 Å². The van der Waals surface area contributed by atoms with Gasteiger partial charge in [-0.3, -0.25) is 4.68 Å². The Hall–Kier alpha value is -0.870. The third-order valence-corrected chi connectivity index (χ3v) is 4.40. The van der Waals surface area contributed by atoms with Crippen molar-refractivity contribution >= 4 is 0 Å². The second-order valence-electron chi connectivity index (χ2n) is 5.31. The molecule has 4 nitrogen and oxygen atoms in total. The topological polar surface area (TPSA) is 39.1 Å². The highest BCUT2D eigenvalue weighted by Crippen LogP contribution is 2.45. The van der Waals surface area contributed by atoms with Gasteiger partial charge in [-0.05, 0) is 25.8 Å². The predicted octanol–water partition coefficient (Wildman–Crippen LogP) is 2.07. The molecule has 0 aliphatic heterocycles. The molecule has 3 unspecified atom stereocenters. The van der Waals surface area contributed by atoms with Crippen LogP contribution in [0.3, 0.4) is 0 Å². The zero-order chi connectivity index (χ0) is 13.0. The van der Waals surface area contributed by atoms with E-state index in [1.54, 1.807) is 0 Å². The van der Waals surface area contributed by atoms with Gasteiger partial charge in [0.1, 0.15) is 0 Å². The van der Waals surface area contributed by atoms with E-state index < -0.39 is 0 Å². The summed E-state index contributed by atoms with van der Waals surface area (Å²) in [6, 6.07) is 2.54. The smallest absolute Gasteiger partial charge is 0.0658 e. The normalized spacial score (nSPS) is 31.3. The lowest BCUT2D eigenvalue weighted by Gasteiger charge is -2.53. The molecule has 0 spiro atoms. The zero-order valence-electron chi connectivity index (χ0n) is 11.7. The van der Waals surface area contributed by atoms with E-state index in [1.165, 1.54) is 0 Å². The summed E-state index contributed by atoms with van der Waals surface area (Å²) in [5.41, 5.74) is 0.292. The summed E-state index contributed by atoms with van der Waals surface area (Å²) >= 11 is 0. The van der Waals surface area contributed by atoms with Gasteiger partial charge in [0.05, 0.1) is 12.6 Å². The van der Waals surface area contributed by atoms with E-state index >= 15 is 0 Å². The maximum Gasteiger partial charge on any atom is 0.0658 e. The van der Waals surface area contributed by atoms with Gasteiger partial charge in [-0.2, -0.15) is 5.10 Å². The Balaban J connectivity index is 1.76. The molecule has 1 aromatic rings. The molecule has 0 aromatic carbocycles. The summed E-state index contributed by atoms with van der Waals surface area (Å²) in [5.74, 6) is 0. The van der Waals surface area contributed by atoms with Gasteiger partial charge < -0.3 is 10.1 Å². The molecule has 1 aliphatic carbocycles. The van der Waals surface area contributed by atoms with Gasteiger partial charge in [0.15, 0.2) is 0 Å². The first-order valence-electron chi connectivity index (χ1n) is 7.03. The maximum absolute atomic E-state index is 5.81. The van der Waals surface area contributed by atoms with Crippen molar-refractivity contribution in [3.8, 4) is 0 Å². The molecule has 1 aliphatic rings. The van der Waals surface area contributed by atoms with Crippen LogP contribution < -0.4 is 5.32 Å². The molecule has 1 fully saturated rings. The Bertz CT molecular complexity index is 352. The highest BCUT2D eigenvalue weighted by Gasteiger charge is 2.50. The van der Waals surface area contributed by atoms with Crippen LogP contribution in [-0.2, 0) is 11.3 Å². The van der Waals surface area contributed by atoms with E-state index in [0.29, 0.717) is 17.6 Å². The lowest BCUT2D eigenvalue weighted by Crippen LogP contribution is -2.62. The molecule has 1 heterocycles. The van der Waals surface area contributed by atoms with E-state index in [1.807, 2.05) is 23.1 Å². The molecule has 0 radical (unpaired) electrons. The molecule has 102 valence electrons. The quantitative estimate of drug-likeness (QED) is 0.806. The Morgan fingerprint density at radius 2 is 2.33 bits per heavy atom. The highest BCUT2D eigenvalue weighted by molar-refractivity contribution is 5.04. The molecule has 3 atom stereocenters. The molecule has 4 heteroatoms. The lowest BCUT2D eigenvalue weighted by atomic mass is 9.61. The number of rotatable bonds is 7. The van der Waals surface area contributed by atoms with Crippen LogP contribution in [-0.4, -0.2) is 35.1 Å². The minimum Gasteiger partial charge on any atom is -0.378 e. The fourth-order valence-electron chi connectivity index (χ4n) is 2.85. The fourth-order valence-corrected chi connectivity index (χ4v) is 2.85. The molecule has 0 amide bonds. The third kappa shape index (κ3) is 2.59. The fraction of sp³-hybridized carbons (Fsp3) is 0.786. The molecule has 0 bridgehead atoms. The maximum atomic E-state index is 5.81. The van der Waals surface area contributed by atoms with E-state index in [4.69, 9.17) is 4.74 Å². The van der Waals surface area contributed by atoms with Crippen LogP contribution in [0.15, 0.2) is 18.5 Å². The predicted molar refractivity (Wildman–Crippen MR) is 72.4 cm³/mol.